The lowest BCUT2D eigenvalue weighted by molar-refractivity contribution is -0.385. The fourth-order valence-electron chi connectivity index (χ4n) is 2.94. The molecule has 0 saturated carbocycles. The molecule has 1 heterocycles. The van der Waals surface area contributed by atoms with Crippen molar-refractivity contribution in [3.05, 3.63) is 81.4 Å². The Morgan fingerprint density at radius 1 is 1.10 bits per heavy atom. The SMILES string of the molecule is Cc1ccc(-c2nc3cc(N=Cc4cccc([N+](=O)[O-])c4O)ccc3o2)cc1C. The summed E-state index contributed by atoms with van der Waals surface area (Å²) in [6.45, 7) is 4.09. The Bertz CT molecular complexity index is 1270. The van der Waals surface area contributed by atoms with E-state index in [9.17, 15) is 15.2 Å². The predicted molar refractivity (Wildman–Crippen MR) is 111 cm³/mol. The Kier molecular flexibility index (Phi) is 4.56. The molecule has 0 aliphatic heterocycles. The van der Waals surface area contributed by atoms with Crippen LogP contribution in [0.1, 0.15) is 16.7 Å². The van der Waals surface area contributed by atoms with Gasteiger partial charge in [-0.15, -0.1) is 0 Å². The van der Waals surface area contributed by atoms with Crippen LogP contribution in [-0.4, -0.2) is 21.2 Å². The highest BCUT2D eigenvalue weighted by molar-refractivity contribution is 5.88. The smallest absolute Gasteiger partial charge is 0.311 e. The number of benzene rings is 3. The average Bonchev–Trinajstić information content (AvgIpc) is 3.12. The molecule has 144 valence electrons. The van der Waals surface area contributed by atoms with E-state index < -0.39 is 10.7 Å². The molecule has 7 heteroatoms. The summed E-state index contributed by atoms with van der Waals surface area (Å²) in [5.74, 6) is 0.112. The molecule has 0 aliphatic carbocycles. The van der Waals surface area contributed by atoms with Crippen molar-refractivity contribution in [2.45, 2.75) is 13.8 Å². The number of para-hydroxylation sites is 1. The lowest BCUT2D eigenvalue weighted by Gasteiger charge is -2.01. The van der Waals surface area contributed by atoms with Crippen LogP contribution in [0.3, 0.4) is 0 Å². The Labute approximate surface area is 166 Å². The molecule has 1 N–H and O–H groups in total. The number of aromatic hydroxyl groups is 1. The molecule has 0 radical (unpaired) electrons. The van der Waals surface area contributed by atoms with Crippen molar-refractivity contribution >= 4 is 28.7 Å². The van der Waals surface area contributed by atoms with Crippen molar-refractivity contribution in [2.24, 2.45) is 4.99 Å². The molecule has 3 aromatic carbocycles. The standard InChI is InChI=1S/C22H17N3O4/c1-13-6-7-15(10-14(13)2)22-24-18-11-17(8-9-20(18)29-22)23-12-16-4-3-5-19(21(16)26)25(27)28/h3-12,26H,1-2H3. The summed E-state index contributed by atoms with van der Waals surface area (Å²) in [6, 6.07) is 15.6. The van der Waals surface area contributed by atoms with Gasteiger partial charge < -0.3 is 9.52 Å². The zero-order chi connectivity index (χ0) is 20.5. The van der Waals surface area contributed by atoms with Crippen molar-refractivity contribution in [3.63, 3.8) is 0 Å². The van der Waals surface area contributed by atoms with Gasteiger partial charge in [0.15, 0.2) is 5.58 Å². The number of aromatic nitrogens is 1. The van der Waals surface area contributed by atoms with Crippen molar-refractivity contribution < 1.29 is 14.4 Å². The van der Waals surface area contributed by atoms with Crippen molar-refractivity contribution in [2.75, 3.05) is 0 Å². The predicted octanol–water partition coefficient (Wildman–Crippen LogP) is 5.48. The normalized spacial score (nSPS) is 11.4. The molecule has 0 bridgehead atoms. The second-order valence-corrected chi connectivity index (χ2v) is 6.70. The van der Waals surface area contributed by atoms with Crippen LogP contribution in [0.4, 0.5) is 11.4 Å². The van der Waals surface area contributed by atoms with Crippen molar-refractivity contribution in [3.8, 4) is 17.2 Å². The molecular formula is C22H17N3O4. The third kappa shape index (κ3) is 3.58. The minimum Gasteiger partial charge on any atom is -0.502 e. The highest BCUT2D eigenvalue weighted by Crippen LogP contribution is 2.30. The number of nitrogens with zero attached hydrogens (tertiary/aromatic N) is 3. The van der Waals surface area contributed by atoms with Crippen molar-refractivity contribution in [1.82, 2.24) is 4.98 Å². The van der Waals surface area contributed by atoms with Gasteiger partial charge in [-0.3, -0.25) is 15.1 Å². The number of oxazole rings is 1. The Morgan fingerprint density at radius 3 is 2.69 bits per heavy atom. The molecular weight excluding hydrogens is 370 g/mol. The monoisotopic (exact) mass is 387 g/mol. The van der Waals surface area contributed by atoms with E-state index in [0.717, 1.165) is 11.1 Å². The highest BCUT2D eigenvalue weighted by atomic mass is 16.6. The summed E-state index contributed by atoms with van der Waals surface area (Å²) in [4.78, 5) is 19.2. The van der Waals surface area contributed by atoms with E-state index in [1.54, 1.807) is 24.3 Å². The van der Waals surface area contributed by atoms with Gasteiger partial charge in [-0.05, 0) is 61.4 Å². The lowest BCUT2D eigenvalue weighted by Crippen LogP contribution is -1.91. The van der Waals surface area contributed by atoms with Crippen LogP contribution in [0.2, 0.25) is 0 Å². The number of fused-ring (bicyclic) bond motifs is 1. The fraction of sp³-hybridized carbons (Fsp3) is 0.0909. The molecule has 7 nitrogen and oxygen atoms in total. The second-order valence-electron chi connectivity index (χ2n) is 6.70. The first-order valence-corrected chi connectivity index (χ1v) is 8.91. The summed E-state index contributed by atoms with van der Waals surface area (Å²) in [7, 11) is 0. The molecule has 0 amide bonds. The van der Waals surface area contributed by atoms with Crippen LogP contribution in [-0.2, 0) is 0 Å². The zero-order valence-electron chi connectivity index (χ0n) is 15.8. The Morgan fingerprint density at radius 2 is 1.93 bits per heavy atom. The van der Waals surface area contributed by atoms with Gasteiger partial charge in [-0.2, -0.15) is 0 Å². The average molecular weight is 387 g/mol. The van der Waals surface area contributed by atoms with E-state index in [1.807, 2.05) is 25.1 Å². The van der Waals surface area contributed by atoms with E-state index in [4.69, 9.17) is 4.42 Å². The maximum Gasteiger partial charge on any atom is 0.311 e. The molecule has 4 aromatic rings. The minimum absolute atomic E-state index is 0.260. The van der Waals surface area contributed by atoms with E-state index >= 15 is 0 Å². The van der Waals surface area contributed by atoms with Gasteiger partial charge in [0.2, 0.25) is 11.6 Å². The fourth-order valence-corrected chi connectivity index (χ4v) is 2.94. The molecule has 0 unspecified atom stereocenters. The molecule has 29 heavy (non-hydrogen) atoms. The molecule has 0 aliphatic rings. The summed E-state index contributed by atoms with van der Waals surface area (Å²) in [5, 5.41) is 21.0. The van der Waals surface area contributed by atoms with Crippen LogP contribution < -0.4 is 0 Å². The van der Waals surface area contributed by atoms with Gasteiger partial charge >= 0.3 is 5.69 Å². The number of hydrogen-bond acceptors (Lipinski definition) is 6. The summed E-state index contributed by atoms with van der Waals surface area (Å²) in [6.07, 6.45) is 1.38. The minimum atomic E-state index is -0.636. The van der Waals surface area contributed by atoms with E-state index in [1.165, 1.54) is 23.9 Å². The number of phenolic OH excluding ortho intramolecular Hbond substituents is 1. The third-order valence-corrected chi connectivity index (χ3v) is 4.72. The van der Waals surface area contributed by atoms with Crippen LogP contribution >= 0.6 is 0 Å². The third-order valence-electron chi connectivity index (χ3n) is 4.72. The van der Waals surface area contributed by atoms with Crippen LogP contribution in [0, 0.1) is 24.0 Å². The summed E-state index contributed by atoms with van der Waals surface area (Å²) in [5.41, 5.74) is 5.03. The lowest BCUT2D eigenvalue weighted by atomic mass is 10.1. The summed E-state index contributed by atoms with van der Waals surface area (Å²) >= 11 is 0. The number of aryl methyl sites for hydroxylation is 2. The number of phenols is 1. The number of nitro groups is 1. The van der Waals surface area contributed by atoms with E-state index in [-0.39, 0.29) is 11.3 Å². The largest absolute Gasteiger partial charge is 0.502 e. The first-order chi connectivity index (χ1) is 13.9. The highest BCUT2D eigenvalue weighted by Gasteiger charge is 2.15. The Balaban J connectivity index is 1.66. The first-order valence-electron chi connectivity index (χ1n) is 8.91. The first kappa shape index (κ1) is 18.4. The number of rotatable bonds is 4. The molecule has 4 rings (SSSR count). The van der Waals surface area contributed by atoms with Crippen molar-refractivity contribution in [1.29, 1.82) is 0 Å². The van der Waals surface area contributed by atoms with E-state index in [0.29, 0.717) is 22.7 Å². The zero-order valence-corrected chi connectivity index (χ0v) is 15.8. The molecule has 0 fully saturated rings. The van der Waals surface area contributed by atoms with Crippen LogP contribution in [0.25, 0.3) is 22.6 Å². The van der Waals surface area contributed by atoms with Gasteiger partial charge in [0, 0.05) is 23.4 Å². The molecule has 1 aromatic heterocycles. The topological polar surface area (TPSA) is 102 Å². The molecule has 0 saturated heterocycles. The van der Waals surface area contributed by atoms with E-state index in [2.05, 4.69) is 16.9 Å². The second kappa shape index (κ2) is 7.20. The summed E-state index contributed by atoms with van der Waals surface area (Å²) < 4.78 is 5.85. The van der Waals surface area contributed by atoms with Crippen LogP contribution in [0.5, 0.6) is 5.75 Å². The maximum absolute atomic E-state index is 10.9. The van der Waals surface area contributed by atoms with Gasteiger partial charge in [-0.25, -0.2) is 4.98 Å². The maximum atomic E-state index is 10.9. The van der Waals surface area contributed by atoms with Gasteiger partial charge in [0.1, 0.15) is 5.52 Å². The number of aliphatic imine (C=N–C) groups is 1. The van der Waals surface area contributed by atoms with Gasteiger partial charge in [0.05, 0.1) is 10.6 Å². The quantitative estimate of drug-likeness (QED) is 0.284. The number of hydrogen-bond donors (Lipinski definition) is 1. The van der Waals surface area contributed by atoms with Crippen LogP contribution in [0.15, 0.2) is 64.0 Å². The molecule has 0 atom stereocenters. The van der Waals surface area contributed by atoms with Gasteiger partial charge in [-0.1, -0.05) is 12.1 Å². The molecule has 0 spiro atoms. The Hall–Kier alpha value is -4.00. The number of nitro benzene ring substituents is 1. The van der Waals surface area contributed by atoms with Gasteiger partial charge in [0.25, 0.3) is 0 Å².